The van der Waals surface area contributed by atoms with Crippen LogP contribution in [0.4, 0.5) is 4.39 Å². The number of nitrogens with zero attached hydrogens (tertiary/aromatic N) is 1. The lowest BCUT2D eigenvalue weighted by Crippen LogP contribution is -2.41. The molecule has 0 aliphatic carbocycles. The van der Waals surface area contributed by atoms with Crippen LogP contribution in [0.2, 0.25) is 5.02 Å². The van der Waals surface area contributed by atoms with Crippen LogP contribution in [0.3, 0.4) is 0 Å². The molecule has 30 heavy (non-hydrogen) atoms. The van der Waals surface area contributed by atoms with E-state index in [9.17, 15) is 14.0 Å². The number of benzene rings is 3. The summed E-state index contributed by atoms with van der Waals surface area (Å²) < 4.78 is 19.1. The second-order valence-corrected chi connectivity index (χ2v) is 7.07. The van der Waals surface area contributed by atoms with Crippen LogP contribution in [0.15, 0.2) is 72.8 Å². The predicted molar refractivity (Wildman–Crippen MR) is 113 cm³/mol. The van der Waals surface area contributed by atoms with E-state index in [0.29, 0.717) is 10.8 Å². The third-order valence-corrected chi connectivity index (χ3v) is 4.90. The highest BCUT2D eigenvalue weighted by Crippen LogP contribution is 2.30. The van der Waals surface area contributed by atoms with Crippen LogP contribution >= 0.6 is 11.6 Å². The van der Waals surface area contributed by atoms with Crippen LogP contribution in [0.1, 0.15) is 11.6 Å². The lowest BCUT2D eigenvalue weighted by Gasteiger charge is -2.26. The number of amides is 2. The molecule has 1 unspecified atom stereocenters. The number of carbonyl (C=O) groups excluding carboxylic acids is 2. The Bertz CT molecular complexity index is 1060. The molecule has 154 valence electrons. The van der Waals surface area contributed by atoms with Gasteiger partial charge in [-0.3, -0.25) is 9.59 Å². The lowest BCUT2D eigenvalue weighted by molar-refractivity contribution is -0.139. The van der Waals surface area contributed by atoms with E-state index in [1.54, 1.807) is 12.1 Å². The van der Waals surface area contributed by atoms with Crippen LogP contribution in [0, 0.1) is 5.82 Å². The van der Waals surface area contributed by atoms with E-state index in [1.165, 1.54) is 31.3 Å². The Morgan fingerprint density at radius 1 is 1.03 bits per heavy atom. The van der Waals surface area contributed by atoms with E-state index in [-0.39, 0.29) is 12.2 Å². The Morgan fingerprint density at radius 3 is 2.40 bits per heavy atom. The average Bonchev–Trinajstić information content (AvgIpc) is 2.73. The van der Waals surface area contributed by atoms with Gasteiger partial charge in [0, 0.05) is 7.05 Å². The highest BCUT2D eigenvalue weighted by atomic mass is 35.5. The molecule has 7 heteroatoms. The van der Waals surface area contributed by atoms with Crippen molar-refractivity contribution in [3.63, 3.8) is 0 Å². The predicted octanol–water partition coefficient (Wildman–Crippen LogP) is 4.21. The number of primary amides is 1. The molecule has 2 N–H and O–H groups in total. The summed E-state index contributed by atoms with van der Waals surface area (Å²) in [6.45, 7) is -0.361. The Kier molecular flexibility index (Phi) is 6.69. The normalized spacial score (nSPS) is 11.6. The number of likely N-dealkylation sites (N-methyl/N-ethyl adjacent to an activating group) is 1. The monoisotopic (exact) mass is 426 g/mol. The summed E-state index contributed by atoms with van der Waals surface area (Å²) in [6, 6.07) is 19.2. The Hall–Kier alpha value is -3.38. The highest BCUT2D eigenvalue weighted by Gasteiger charge is 2.27. The number of rotatable bonds is 7. The Labute approximate surface area is 178 Å². The fraction of sp³-hybridized carbons (Fsp3) is 0.130. The van der Waals surface area contributed by atoms with Crippen molar-refractivity contribution >= 4 is 23.4 Å². The van der Waals surface area contributed by atoms with Gasteiger partial charge in [-0.05, 0) is 41.0 Å². The molecule has 0 radical (unpaired) electrons. The first kappa shape index (κ1) is 21.3. The van der Waals surface area contributed by atoms with E-state index < -0.39 is 23.7 Å². The molecule has 0 saturated heterocycles. The number of ether oxygens (including phenoxy) is 1. The highest BCUT2D eigenvalue weighted by molar-refractivity contribution is 6.32. The van der Waals surface area contributed by atoms with Gasteiger partial charge in [0.05, 0.1) is 5.02 Å². The molecule has 0 aromatic heterocycles. The van der Waals surface area contributed by atoms with Gasteiger partial charge in [0.25, 0.3) is 5.91 Å². The molecule has 0 heterocycles. The van der Waals surface area contributed by atoms with Crippen molar-refractivity contribution in [2.24, 2.45) is 5.73 Å². The zero-order valence-electron chi connectivity index (χ0n) is 16.2. The zero-order valence-corrected chi connectivity index (χ0v) is 17.0. The molecule has 3 aromatic rings. The van der Waals surface area contributed by atoms with Gasteiger partial charge in [-0.2, -0.15) is 0 Å². The van der Waals surface area contributed by atoms with Gasteiger partial charge >= 0.3 is 0 Å². The van der Waals surface area contributed by atoms with E-state index >= 15 is 0 Å². The number of halogens is 2. The molecule has 5 nitrogen and oxygen atoms in total. The summed E-state index contributed by atoms with van der Waals surface area (Å²) in [5, 5.41) is 0.350. The van der Waals surface area contributed by atoms with Gasteiger partial charge in [0.1, 0.15) is 17.6 Å². The second kappa shape index (κ2) is 9.41. The van der Waals surface area contributed by atoms with E-state index in [2.05, 4.69) is 0 Å². The molecule has 1 atom stereocenters. The minimum atomic E-state index is -1.12. The van der Waals surface area contributed by atoms with Gasteiger partial charge < -0.3 is 15.4 Å². The maximum atomic E-state index is 13.5. The molecule has 0 saturated carbocycles. The minimum Gasteiger partial charge on any atom is -0.482 e. The van der Waals surface area contributed by atoms with Crippen molar-refractivity contribution in [1.29, 1.82) is 0 Å². The van der Waals surface area contributed by atoms with Crippen LogP contribution in [-0.4, -0.2) is 30.4 Å². The summed E-state index contributed by atoms with van der Waals surface area (Å²) in [7, 11) is 1.41. The van der Waals surface area contributed by atoms with Gasteiger partial charge in [-0.15, -0.1) is 0 Å². The summed E-state index contributed by atoms with van der Waals surface area (Å²) in [5.74, 6) is -1.48. The van der Waals surface area contributed by atoms with E-state index in [4.69, 9.17) is 22.1 Å². The first-order valence-electron chi connectivity index (χ1n) is 9.15. The van der Waals surface area contributed by atoms with Gasteiger partial charge in [-0.25, -0.2) is 4.39 Å². The minimum absolute atomic E-state index is 0.281. The molecule has 0 aliphatic rings. The third-order valence-electron chi connectivity index (χ3n) is 4.60. The van der Waals surface area contributed by atoms with Crippen LogP contribution < -0.4 is 10.5 Å². The molecule has 0 spiro atoms. The van der Waals surface area contributed by atoms with Crippen molar-refractivity contribution in [3.05, 3.63) is 89.2 Å². The quantitative estimate of drug-likeness (QED) is 0.615. The first-order chi connectivity index (χ1) is 14.4. The fourth-order valence-electron chi connectivity index (χ4n) is 3.07. The molecule has 3 aromatic carbocycles. The largest absolute Gasteiger partial charge is 0.482 e. The maximum absolute atomic E-state index is 13.5. The van der Waals surface area contributed by atoms with Crippen molar-refractivity contribution in [2.45, 2.75) is 6.04 Å². The molecular weight excluding hydrogens is 407 g/mol. The Morgan fingerprint density at radius 2 is 1.77 bits per heavy atom. The summed E-state index contributed by atoms with van der Waals surface area (Å²) in [4.78, 5) is 25.6. The third kappa shape index (κ3) is 4.96. The van der Waals surface area contributed by atoms with E-state index in [0.717, 1.165) is 16.0 Å². The van der Waals surface area contributed by atoms with Gasteiger partial charge in [0.15, 0.2) is 6.61 Å². The van der Waals surface area contributed by atoms with Crippen LogP contribution in [-0.2, 0) is 9.59 Å². The summed E-state index contributed by atoms with van der Waals surface area (Å²) in [6.07, 6.45) is 0. The maximum Gasteiger partial charge on any atom is 0.261 e. The smallest absolute Gasteiger partial charge is 0.261 e. The zero-order chi connectivity index (χ0) is 21.7. The molecule has 0 aliphatic heterocycles. The SMILES string of the molecule is CN(C(=O)COc1ccc(-c2ccccc2)cc1Cl)C(C(N)=O)c1cccc(F)c1. The van der Waals surface area contributed by atoms with Crippen molar-refractivity contribution < 1.29 is 18.7 Å². The van der Waals surface area contributed by atoms with Gasteiger partial charge in [-0.1, -0.05) is 60.1 Å². The van der Waals surface area contributed by atoms with Crippen LogP contribution in [0.5, 0.6) is 5.75 Å². The van der Waals surface area contributed by atoms with Crippen LogP contribution in [0.25, 0.3) is 11.1 Å². The topological polar surface area (TPSA) is 72.6 Å². The van der Waals surface area contributed by atoms with Crippen molar-refractivity contribution in [3.8, 4) is 16.9 Å². The molecule has 2 amide bonds. The first-order valence-corrected chi connectivity index (χ1v) is 9.53. The molecule has 3 rings (SSSR count). The van der Waals surface area contributed by atoms with Crippen molar-refractivity contribution in [1.82, 2.24) is 4.90 Å². The summed E-state index contributed by atoms with van der Waals surface area (Å²) in [5.41, 5.74) is 7.64. The molecular formula is C23H20ClFN2O3. The molecule has 0 bridgehead atoms. The lowest BCUT2D eigenvalue weighted by atomic mass is 10.0. The second-order valence-electron chi connectivity index (χ2n) is 6.66. The Balaban J connectivity index is 1.70. The number of hydrogen-bond donors (Lipinski definition) is 1. The summed E-state index contributed by atoms with van der Waals surface area (Å²) >= 11 is 6.30. The number of carbonyl (C=O) groups is 2. The van der Waals surface area contributed by atoms with E-state index in [1.807, 2.05) is 36.4 Å². The van der Waals surface area contributed by atoms with Crippen molar-refractivity contribution in [2.75, 3.05) is 13.7 Å². The standard InChI is InChI=1S/C23H20ClFN2O3/c1-27(22(23(26)29)17-8-5-9-18(25)12-17)21(28)14-30-20-11-10-16(13-19(20)24)15-6-3-2-4-7-15/h2-13,22H,14H2,1H3,(H2,26,29). The fourth-order valence-corrected chi connectivity index (χ4v) is 3.30. The number of hydrogen-bond acceptors (Lipinski definition) is 3. The average molecular weight is 427 g/mol. The van der Waals surface area contributed by atoms with Gasteiger partial charge in [0.2, 0.25) is 5.91 Å². The number of nitrogens with two attached hydrogens (primary N) is 1. The molecule has 0 fully saturated rings.